The van der Waals surface area contributed by atoms with E-state index < -0.39 is 0 Å². The second-order valence-electron chi connectivity index (χ2n) is 3.53. The van der Waals surface area contributed by atoms with E-state index in [1.54, 1.807) is 11.3 Å². The molecule has 4 heteroatoms. The molecule has 1 aliphatic rings. The van der Waals surface area contributed by atoms with E-state index in [1.807, 2.05) is 5.38 Å². The molecular formula is C10H13N3S. The van der Waals surface area contributed by atoms with Gasteiger partial charge in [-0.3, -0.25) is 0 Å². The zero-order valence-electron chi connectivity index (χ0n) is 8.07. The highest BCUT2D eigenvalue weighted by Gasteiger charge is 2.12. The normalized spacial score (nSPS) is 17.5. The van der Waals surface area contributed by atoms with E-state index in [0.29, 0.717) is 5.69 Å². The van der Waals surface area contributed by atoms with Gasteiger partial charge in [0.15, 0.2) is 10.8 Å². The van der Waals surface area contributed by atoms with Crippen LogP contribution in [0.2, 0.25) is 0 Å². The monoisotopic (exact) mass is 207 g/mol. The van der Waals surface area contributed by atoms with Gasteiger partial charge in [0.1, 0.15) is 6.07 Å². The largest absolute Gasteiger partial charge is 0.348 e. The Morgan fingerprint density at radius 1 is 1.29 bits per heavy atom. The average Bonchev–Trinajstić information content (AvgIpc) is 2.53. The van der Waals surface area contributed by atoms with Gasteiger partial charge in [-0.2, -0.15) is 5.26 Å². The topological polar surface area (TPSA) is 39.9 Å². The van der Waals surface area contributed by atoms with Crippen molar-refractivity contribution in [2.75, 3.05) is 18.0 Å². The summed E-state index contributed by atoms with van der Waals surface area (Å²) in [4.78, 5) is 6.58. The minimum atomic E-state index is 0.550. The molecule has 0 atom stereocenters. The van der Waals surface area contributed by atoms with Crippen LogP contribution in [0.1, 0.15) is 31.4 Å². The Morgan fingerprint density at radius 2 is 2.00 bits per heavy atom. The van der Waals surface area contributed by atoms with Crippen molar-refractivity contribution in [1.82, 2.24) is 4.98 Å². The smallest absolute Gasteiger partial charge is 0.186 e. The third kappa shape index (κ3) is 2.05. The van der Waals surface area contributed by atoms with E-state index in [2.05, 4.69) is 16.0 Å². The van der Waals surface area contributed by atoms with Crippen molar-refractivity contribution < 1.29 is 0 Å². The van der Waals surface area contributed by atoms with Crippen LogP contribution < -0.4 is 4.90 Å². The average molecular weight is 207 g/mol. The Kier molecular flexibility index (Phi) is 3.00. The number of thiazole rings is 1. The summed E-state index contributed by atoms with van der Waals surface area (Å²) in [5.41, 5.74) is 0.550. The van der Waals surface area contributed by atoms with E-state index in [9.17, 15) is 0 Å². The fourth-order valence-corrected chi connectivity index (χ4v) is 2.53. The van der Waals surface area contributed by atoms with Gasteiger partial charge in [0.25, 0.3) is 0 Å². The second-order valence-corrected chi connectivity index (χ2v) is 4.36. The second kappa shape index (κ2) is 4.43. The molecule has 0 radical (unpaired) electrons. The lowest BCUT2D eigenvalue weighted by molar-refractivity contribution is 0.726. The lowest BCUT2D eigenvalue weighted by Crippen LogP contribution is -2.23. The number of hydrogen-bond acceptors (Lipinski definition) is 4. The summed E-state index contributed by atoms with van der Waals surface area (Å²) in [6, 6.07) is 2.07. The SMILES string of the molecule is N#Cc1csc(N2CCCCCC2)n1. The molecule has 1 aliphatic heterocycles. The Hall–Kier alpha value is -1.08. The highest BCUT2D eigenvalue weighted by molar-refractivity contribution is 7.13. The van der Waals surface area contributed by atoms with Crippen LogP contribution in [0.3, 0.4) is 0 Å². The summed E-state index contributed by atoms with van der Waals surface area (Å²) in [7, 11) is 0. The van der Waals surface area contributed by atoms with Gasteiger partial charge in [0.05, 0.1) is 0 Å². The minimum absolute atomic E-state index is 0.550. The number of rotatable bonds is 1. The van der Waals surface area contributed by atoms with Crippen LogP contribution in [0, 0.1) is 11.3 Å². The molecule has 1 fully saturated rings. The highest BCUT2D eigenvalue weighted by atomic mass is 32.1. The molecule has 0 amide bonds. The summed E-state index contributed by atoms with van der Waals surface area (Å²) < 4.78 is 0. The lowest BCUT2D eigenvalue weighted by Gasteiger charge is -2.18. The van der Waals surface area contributed by atoms with E-state index in [4.69, 9.17) is 5.26 Å². The maximum atomic E-state index is 8.68. The summed E-state index contributed by atoms with van der Waals surface area (Å²) in [5.74, 6) is 0. The summed E-state index contributed by atoms with van der Waals surface area (Å²) in [6.07, 6.45) is 5.16. The molecule has 1 aromatic rings. The zero-order chi connectivity index (χ0) is 9.80. The molecule has 74 valence electrons. The molecule has 2 heterocycles. The number of anilines is 1. The molecule has 2 rings (SSSR count). The van der Waals surface area contributed by atoms with Crippen molar-refractivity contribution in [2.45, 2.75) is 25.7 Å². The summed E-state index contributed by atoms with van der Waals surface area (Å²) in [6.45, 7) is 2.19. The third-order valence-corrected chi connectivity index (χ3v) is 3.38. The van der Waals surface area contributed by atoms with Gasteiger partial charge in [0, 0.05) is 18.5 Å². The first kappa shape index (κ1) is 9.47. The molecule has 1 saturated heterocycles. The first-order valence-electron chi connectivity index (χ1n) is 5.01. The van der Waals surface area contributed by atoms with Crippen LogP contribution in [0.15, 0.2) is 5.38 Å². The lowest BCUT2D eigenvalue weighted by atomic mass is 10.2. The van der Waals surface area contributed by atoms with E-state index in [1.165, 1.54) is 25.7 Å². The third-order valence-electron chi connectivity index (χ3n) is 2.48. The molecule has 0 unspecified atom stereocenters. The molecule has 3 nitrogen and oxygen atoms in total. The van der Waals surface area contributed by atoms with Crippen molar-refractivity contribution in [2.24, 2.45) is 0 Å². The van der Waals surface area contributed by atoms with Gasteiger partial charge in [-0.05, 0) is 12.8 Å². The Morgan fingerprint density at radius 3 is 2.57 bits per heavy atom. The van der Waals surface area contributed by atoms with Gasteiger partial charge in [-0.1, -0.05) is 12.8 Å². The van der Waals surface area contributed by atoms with E-state index >= 15 is 0 Å². The molecule has 1 aromatic heterocycles. The molecule has 0 aliphatic carbocycles. The van der Waals surface area contributed by atoms with Gasteiger partial charge in [-0.15, -0.1) is 11.3 Å². The fourth-order valence-electron chi connectivity index (χ4n) is 1.72. The van der Waals surface area contributed by atoms with Crippen LogP contribution >= 0.6 is 11.3 Å². The summed E-state index contributed by atoms with van der Waals surface area (Å²) >= 11 is 1.58. The maximum Gasteiger partial charge on any atom is 0.186 e. The van der Waals surface area contributed by atoms with Gasteiger partial charge >= 0.3 is 0 Å². The first-order valence-corrected chi connectivity index (χ1v) is 5.89. The molecule has 0 bridgehead atoms. The van der Waals surface area contributed by atoms with Gasteiger partial charge in [0.2, 0.25) is 0 Å². The Labute approximate surface area is 88.0 Å². The number of aromatic nitrogens is 1. The van der Waals surface area contributed by atoms with Crippen molar-refractivity contribution in [1.29, 1.82) is 5.26 Å². The number of nitrogens with zero attached hydrogens (tertiary/aromatic N) is 3. The Bertz CT molecular complexity index is 331. The van der Waals surface area contributed by atoms with E-state index in [-0.39, 0.29) is 0 Å². The standard InChI is InChI=1S/C10H13N3S/c11-7-9-8-14-10(12-9)13-5-3-1-2-4-6-13/h8H,1-6H2. The van der Waals surface area contributed by atoms with Crippen molar-refractivity contribution in [3.63, 3.8) is 0 Å². The summed E-state index contributed by atoms with van der Waals surface area (Å²) in [5, 5.41) is 11.5. The molecular weight excluding hydrogens is 194 g/mol. The maximum absolute atomic E-state index is 8.68. The molecule has 0 saturated carbocycles. The molecule has 0 N–H and O–H groups in total. The molecule has 0 aromatic carbocycles. The molecule has 14 heavy (non-hydrogen) atoms. The quantitative estimate of drug-likeness (QED) is 0.710. The van der Waals surface area contributed by atoms with Gasteiger partial charge < -0.3 is 4.90 Å². The van der Waals surface area contributed by atoms with Crippen molar-refractivity contribution in [3.05, 3.63) is 11.1 Å². The number of hydrogen-bond donors (Lipinski definition) is 0. The zero-order valence-corrected chi connectivity index (χ0v) is 8.89. The van der Waals surface area contributed by atoms with Crippen molar-refractivity contribution in [3.8, 4) is 6.07 Å². The number of nitriles is 1. The van der Waals surface area contributed by atoms with Crippen LogP contribution in [0.25, 0.3) is 0 Å². The fraction of sp³-hybridized carbons (Fsp3) is 0.600. The highest BCUT2D eigenvalue weighted by Crippen LogP contribution is 2.23. The molecule has 0 spiro atoms. The Balaban J connectivity index is 2.09. The van der Waals surface area contributed by atoms with Crippen LogP contribution in [-0.2, 0) is 0 Å². The minimum Gasteiger partial charge on any atom is -0.348 e. The predicted molar refractivity (Wildman–Crippen MR) is 57.5 cm³/mol. The van der Waals surface area contributed by atoms with E-state index in [0.717, 1.165) is 18.2 Å². The van der Waals surface area contributed by atoms with Crippen LogP contribution in [0.5, 0.6) is 0 Å². The van der Waals surface area contributed by atoms with Gasteiger partial charge in [-0.25, -0.2) is 4.98 Å². The first-order chi connectivity index (χ1) is 6.90. The van der Waals surface area contributed by atoms with Crippen LogP contribution in [-0.4, -0.2) is 18.1 Å². The van der Waals surface area contributed by atoms with Crippen molar-refractivity contribution >= 4 is 16.5 Å². The van der Waals surface area contributed by atoms with Crippen LogP contribution in [0.4, 0.5) is 5.13 Å². The predicted octanol–water partition coefficient (Wildman–Crippen LogP) is 2.40.